The van der Waals surface area contributed by atoms with Crippen molar-refractivity contribution in [3.8, 4) is 0 Å². The van der Waals surface area contributed by atoms with Gasteiger partial charge in [0.05, 0.1) is 5.54 Å². The van der Waals surface area contributed by atoms with Crippen LogP contribution in [0.5, 0.6) is 0 Å². The van der Waals surface area contributed by atoms with Crippen molar-refractivity contribution in [2.24, 2.45) is 0 Å². The Morgan fingerprint density at radius 2 is 1.73 bits per heavy atom. The van der Waals surface area contributed by atoms with Gasteiger partial charge in [0.25, 0.3) is 0 Å². The van der Waals surface area contributed by atoms with Gasteiger partial charge in [-0.25, -0.2) is 4.79 Å². The molecule has 152 valence electrons. The van der Waals surface area contributed by atoms with Crippen LogP contribution in [0.2, 0.25) is 0 Å². The summed E-state index contributed by atoms with van der Waals surface area (Å²) in [5, 5.41) is 6.04. The van der Waals surface area contributed by atoms with E-state index in [1.807, 2.05) is 20.8 Å². The third-order valence-electron chi connectivity index (χ3n) is 4.66. The zero-order chi connectivity index (χ0) is 19.6. The molecule has 0 spiro atoms. The molecule has 0 aromatic rings. The maximum absolute atomic E-state index is 12.3. The third kappa shape index (κ3) is 8.88. The minimum Gasteiger partial charge on any atom is -0.444 e. The SMILES string of the molecule is CCCCOC(C)C(=O)NCC1(NC(=O)OC(C)(C)C)CCCCCC1. The number of amides is 2. The summed E-state index contributed by atoms with van der Waals surface area (Å²) in [6.07, 6.45) is 7.16. The van der Waals surface area contributed by atoms with Gasteiger partial charge in [0.15, 0.2) is 0 Å². The molecule has 0 radical (unpaired) electrons. The number of carbonyl (C=O) groups is 2. The van der Waals surface area contributed by atoms with Gasteiger partial charge in [-0.05, 0) is 47.0 Å². The molecule has 1 unspecified atom stereocenters. The highest BCUT2D eigenvalue weighted by Crippen LogP contribution is 2.27. The van der Waals surface area contributed by atoms with Gasteiger partial charge in [0.2, 0.25) is 5.91 Å². The van der Waals surface area contributed by atoms with Gasteiger partial charge < -0.3 is 20.1 Å². The Morgan fingerprint density at radius 1 is 1.12 bits per heavy atom. The second-order valence-corrected chi connectivity index (χ2v) is 8.41. The van der Waals surface area contributed by atoms with Crippen molar-refractivity contribution >= 4 is 12.0 Å². The van der Waals surface area contributed by atoms with Crippen LogP contribution in [-0.4, -0.2) is 42.4 Å². The van der Waals surface area contributed by atoms with Crippen LogP contribution in [0.15, 0.2) is 0 Å². The number of alkyl carbamates (subject to hydrolysis) is 1. The molecule has 0 saturated heterocycles. The maximum atomic E-state index is 12.3. The molecule has 0 aromatic carbocycles. The summed E-state index contributed by atoms with van der Waals surface area (Å²) in [5.41, 5.74) is -0.988. The molecule has 2 N–H and O–H groups in total. The minimum atomic E-state index is -0.541. The summed E-state index contributed by atoms with van der Waals surface area (Å²) in [5.74, 6) is -0.129. The number of unbranched alkanes of at least 4 members (excludes halogenated alkanes) is 1. The summed E-state index contributed by atoms with van der Waals surface area (Å²) in [6.45, 7) is 10.4. The van der Waals surface area contributed by atoms with Crippen LogP contribution in [0.4, 0.5) is 4.79 Å². The van der Waals surface area contributed by atoms with E-state index in [9.17, 15) is 9.59 Å². The molecule has 0 aliphatic heterocycles. The van der Waals surface area contributed by atoms with E-state index in [-0.39, 0.29) is 5.91 Å². The predicted octanol–water partition coefficient (Wildman–Crippen LogP) is 3.93. The Bertz CT molecular complexity index is 438. The van der Waals surface area contributed by atoms with Crippen LogP contribution < -0.4 is 10.6 Å². The highest BCUT2D eigenvalue weighted by atomic mass is 16.6. The molecule has 0 bridgehead atoms. The van der Waals surface area contributed by atoms with Crippen LogP contribution in [0.1, 0.15) is 86.0 Å². The molecule has 2 amide bonds. The Hall–Kier alpha value is -1.30. The molecule has 1 saturated carbocycles. The van der Waals surface area contributed by atoms with Gasteiger partial charge in [0, 0.05) is 13.2 Å². The average Bonchev–Trinajstić information content (AvgIpc) is 2.76. The molecule has 6 heteroatoms. The lowest BCUT2D eigenvalue weighted by molar-refractivity contribution is -0.132. The molecule has 6 nitrogen and oxygen atoms in total. The van der Waals surface area contributed by atoms with E-state index in [1.54, 1.807) is 6.92 Å². The molecular weight excluding hydrogens is 332 g/mol. The van der Waals surface area contributed by atoms with E-state index >= 15 is 0 Å². The molecule has 1 fully saturated rings. The minimum absolute atomic E-state index is 0.129. The van der Waals surface area contributed by atoms with Crippen molar-refractivity contribution in [1.82, 2.24) is 10.6 Å². The maximum Gasteiger partial charge on any atom is 0.408 e. The van der Waals surface area contributed by atoms with Crippen molar-refractivity contribution in [1.29, 1.82) is 0 Å². The smallest absolute Gasteiger partial charge is 0.408 e. The monoisotopic (exact) mass is 370 g/mol. The summed E-state index contributed by atoms with van der Waals surface area (Å²) in [7, 11) is 0. The standard InChI is InChI=1S/C20H38N2O4/c1-6-7-14-25-16(2)17(23)21-15-20(12-10-8-9-11-13-20)22-18(24)26-19(3,4)5/h16H,6-15H2,1-5H3,(H,21,23)(H,22,24). The average molecular weight is 371 g/mol. The van der Waals surface area contributed by atoms with Crippen LogP contribution in [0.3, 0.4) is 0 Å². The fourth-order valence-electron chi connectivity index (χ4n) is 3.15. The van der Waals surface area contributed by atoms with E-state index in [1.165, 1.54) is 0 Å². The van der Waals surface area contributed by atoms with Crippen LogP contribution in [0.25, 0.3) is 0 Å². The van der Waals surface area contributed by atoms with Gasteiger partial charge >= 0.3 is 6.09 Å². The lowest BCUT2D eigenvalue weighted by Gasteiger charge is -2.35. The van der Waals surface area contributed by atoms with E-state index in [0.29, 0.717) is 13.2 Å². The number of carbonyl (C=O) groups excluding carboxylic acids is 2. The molecular formula is C20H38N2O4. The quantitative estimate of drug-likeness (QED) is 0.501. The first-order chi connectivity index (χ1) is 12.2. The molecule has 1 aliphatic rings. The molecule has 1 atom stereocenters. The Labute approximate surface area is 158 Å². The topological polar surface area (TPSA) is 76.7 Å². The first-order valence-corrected chi connectivity index (χ1v) is 10.1. The Morgan fingerprint density at radius 3 is 2.27 bits per heavy atom. The van der Waals surface area contributed by atoms with Crippen LogP contribution in [-0.2, 0) is 14.3 Å². The van der Waals surface area contributed by atoms with E-state index in [0.717, 1.165) is 51.4 Å². The molecule has 0 heterocycles. The van der Waals surface area contributed by atoms with Gasteiger partial charge in [0.1, 0.15) is 11.7 Å². The number of nitrogens with one attached hydrogen (secondary N) is 2. The number of ether oxygens (including phenoxy) is 2. The molecule has 0 aromatic heterocycles. The van der Waals surface area contributed by atoms with Crippen molar-refractivity contribution in [3.05, 3.63) is 0 Å². The fraction of sp³-hybridized carbons (Fsp3) is 0.900. The Balaban J connectivity index is 2.65. The first kappa shape index (κ1) is 22.7. The van der Waals surface area contributed by atoms with Gasteiger partial charge in [-0.2, -0.15) is 0 Å². The molecule has 1 rings (SSSR count). The zero-order valence-corrected chi connectivity index (χ0v) is 17.3. The summed E-state index contributed by atoms with van der Waals surface area (Å²) in [4.78, 5) is 24.7. The highest BCUT2D eigenvalue weighted by Gasteiger charge is 2.35. The molecule has 26 heavy (non-hydrogen) atoms. The van der Waals surface area contributed by atoms with Crippen molar-refractivity contribution in [2.75, 3.05) is 13.2 Å². The second-order valence-electron chi connectivity index (χ2n) is 8.41. The van der Waals surface area contributed by atoms with Crippen LogP contribution >= 0.6 is 0 Å². The number of rotatable bonds is 8. The van der Waals surface area contributed by atoms with Crippen molar-refractivity contribution in [2.45, 2.75) is 103 Å². The summed E-state index contributed by atoms with van der Waals surface area (Å²) in [6, 6.07) is 0. The van der Waals surface area contributed by atoms with E-state index in [2.05, 4.69) is 17.6 Å². The van der Waals surface area contributed by atoms with Gasteiger partial charge in [-0.3, -0.25) is 4.79 Å². The zero-order valence-electron chi connectivity index (χ0n) is 17.3. The van der Waals surface area contributed by atoms with Crippen LogP contribution in [0, 0.1) is 0 Å². The van der Waals surface area contributed by atoms with Crippen molar-refractivity contribution < 1.29 is 19.1 Å². The predicted molar refractivity (Wildman–Crippen MR) is 103 cm³/mol. The lowest BCUT2D eigenvalue weighted by atomic mass is 9.90. The normalized spacial score (nSPS) is 18.5. The number of hydrogen-bond donors (Lipinski definition) is 2. The summed E-state index contributed by atoms with van der Waals surface area (Å²) >= 11 is 0. The number of hydrogen-bond acceptors (Lipinski definition) is 4. The second kappa shape index (κ2) is 10.8. The van der Waals surface area contributed by atoms with Crippen molar-refractivity contribution in [3.63, 3.8) is 0 Å². The molecule has 1 aliphatic carbocycles. The highest BCUT2D eigenvalue weighted by molar-refractivity contribution is 5.80. The third-order valence-corrected chi connectivity index (χ3v) is 4.66. The lowest BCUT2D eigenvalue weighted by Crippen LogP contribution is -2.57. The fourth-order valence-corrected chi connectivity index (χ4v) is 3.15. The largest absolute Gasteiger partial charge is 0.444 e. The summed E-state index contributed by atoms with van der Waals surface area (Å²) < 4.78 is 11.0. The Kier molecular flexibility index (Phi) is 9.41. The first-order valence-electron chi connectivity index (χ1n) is 10.1. The van der Waals surface area contributed by atoms with Gasteiger partial charge in [-0.15, -0.1) is 0 Å². The van der Waals surface area contributed by atoms with E-state index in [4.69, 9.17) is 9.47 Å². The van der Waals surface area contributed by atoms with Gasteiger partial charge in [-0.1, -0.05) is 39.0 Å². The van der Waals surface area contributed by atoms with E-state index < -0.39 is 23.3 Å².